The van der Waals surface area contributed by atoms with E-state index in [9.17, 15) is 14.7 Å². The van der Waals surface area contributed by atoms with Crippen molar-refractivity contribution in [2.45, 2.75) is 76.0 Å². The summed E-state index contributed by atoms with van der Waals surface area (Å²) in [7, 11) is 0. The number of rotatable bonds is 2. The van der Waals surface area contributed by atoms with Crippen molar-refractivity contribution in [3.05, 3.63) is 23.5 Å². The molecule has 1 unspecified atom stereocenters. The third-order valence-electron chi connectivity index (χ3n) is 6.67. The molecule has 1 aromatic heterocycles. The van der Waals surface area contributed by atoms with Crippen LogP contribution in [0.4, 0.5) is 0 Å². The summed E-state index contributed by atoms with van der Waals surface area (Å²) in [5.41, 5.74) is 0.880. The lowest BCUT2D eigenvalue weighted by Crippen LogP contribution is -2.63. The van der Waals surface area contributed by atoms with E-state index in [1.165, 1.54) is 0 Å². The minimum absolute atomic E-state index is 0.0180. The Balaban J connectivity index is 1.58. The van der Waals surface area contributed by atoms with Crippen molar-refractivity contribution < 1.29 is 14.7 Å². The highest BCUT2D eigenvalue weighted by Gasteiger charge is 2.54. The maximum absolute atomic E-state index is 13.6. The number of H-pyrrole nitrogens is 1. The lowest BCUT2D eigenvalue weighted by Gasteiger charge is -2.48. The monoisotopic (exact) mass is 359 g/mol. The Labute approximate surface area is 154 Å². The van der Waals surface area contributed by atoms with Gasteiger partial charge in [-0.05, 0) is 64.4 Å². The van der Waals surface area contributed by atoms with Gasteiger partial charge in [-0.1, -0.05) is 0 Å². The number of aryl methyl sites for hydroxylation is 1. The van der Waals surface area contributed by atoms with E-state index in [0.29, 0.717) is 12.1 Å². The molecule has 0 bridgehead atoms. The van der Waals surface area contributed by atoms with Crippen molar-refractivity contribution in [2.24, 2.45) is 0 Å². The van der Waals surface area contributed by atoms with Gasteiger partial charge in [-0.15, -0.1) is 0 Å². The van der Waals surface area contributed by atoms with Crippen LogP contribution in [0.2, 0.25) is 0 Å². The molecule has 2 N–H and O–H groups in total. The van der Waals surface area contributed by atoms with E-state index >= 15 is 0 Å². The molecule has 0 aromatic carbocycles. The number of amides is 2. The fourth-order valence-electron chi connectivity index (χ4n) is 5.22. The van der Waals surface area contributed by atoms with Crippen LogP contribution in [0.3, 0.4) is 0 Å². The first-order valence-corrected chi connectivity index (χ1v) is 9.98. The van der Waals surface area contributed by atoms with Gasteiger partial charge >= 0.3 is 0 Å². The minimum atomic E-state index is -0.658. The molecule has 2 amide bonds. The van der Waals surface area contributed by atoms with Crippen LogP contribution in [0, 0.1) is 6.92 Å². The molecule has 0 radical (unpaired) electrons. The number of aliphatic hydroxyl groups is 1. The molecule has 4 rings (SSSR count). The van der Waals surface area contributed by atoms with Crippen LogP contribution in [-0.4, -0.2) is 62.5 Å². The van der Waals surface area contributed by atoms with Gasteiger partial charge < -0.3 is 19.9 Å². The minimum Gasteiger partial charge on any atom is -0.393 e. The molecule has 6 heteroatoms. The molecule has 3 heterocycles. The van der Waals surface area contributed by atoms with Gasteiger partial charge in [-0.25, -0.2) is 0 Å². The zero-order valence-electron chi connectivity index (χ0n) is 15.5. The van der Waals surface area contributed by atoms with Gasteiger partial charge in [0.2, 0.25) is 5.91 Å². The van der Waals surface area contributed by atoms with E-state index in [0.717, 1.165) is 63.6 Å². The predicted molar refractivity (Wildman–Crippen MR) is 97.7 cm³/mol. The zero-order chi connectivity index (χ0) is 18.3. The highest BCUT2D eigenvalue weighted by Crippen LogP contribution is 2.41. The summed E-state index contributed by atoms with van der Waals surface area (Å²) < 4.78 is 0. The Kier molecular flexibility index (Phi) is 4.55. The predicted octanol–water partition coefficient (Wildman–Crippen LogP) is 2.22. The van der Waals surface area contributed by atoms with Crippen LogP contribution < -0.4 is 0 Å². The zero-order valence-corrected chi connectivity index (χ0v) is 15.5. The van der Waals surface area contributed by atoms with Gasteiger partial charge in [0.25, 0.3) is 5.91 Å². The van der Waals surface area contributed by atoms with E-state index < -0.39 is 5.54 Å². The molecule has 2 saturated heterocycles. The van der Waals surface area contributed by atoms with Gasteiger partial charge in [0, 0.05) is 31.0 Å². The van der Waals surface area contributed by atoms with Crippen LogP contribution in [0.15, 0.2) is 12.3 Å². The van der Waals surface area contributed by atoms with Crippen molar-refractivity contribution in [2.75, 3.05) is 13.1 Å². The first-order valence-electron chi connectivity index (χ1n) is 9.98. The summed E-state index contributed by atoms with van der Waals surface area (Å²) in [4.78, 5) is 33.7. The van der Waals surface area contributed by atoms with Crippen molar-refractivity contribution >= 4 is 11.8 Å². The summed E-state index contributed by atoms with van der Waals surface area (Å²) in [6, 6.07) is 2.03. The number of aliphatic hydroxyl groups excluding tert-OH is 1. The number of piperidine rings is 1. The lowest BCUT2D eigenvalue weighted by atomic mass is 9.82. The average molecular weight is 359 g/mol. The largest absolute Gasteiger partial charge is 0.393 e. The number of aromatic amines is 1. The van der Waals surface area contributed by atoms with Crippen LogP contribution in [0.5, 0.6) is 0 Å². The molecule has 1 spiro atoms. The van der Waals surface area contributed by atoms with E-state index in [2.05, 4.69) is 4.98 Å². The number of carbonyl (C=O) groups excluding carboxylic acids is 2. The second-order valence-corrected chi connectivity index (χ2v) is 8.17. The summed E-state index contributed by atoms with van der Waals surface area (Å²) >= 11 is 0. The molecular formula is C20H29N3O3. The standard InChI is InChI=1S/C20H29N3O3/c1-14-17(8-11-21-14)18(25)23-13-3-10-20(23)9-2-12-22(19(20)26)15-4-6-16(24)7-5-15/h8,11,15-16,21,24H,2-7,9-10,12-13H2,1H3. The smallest absolute Gasteiger partial charge is 0.256 e. The maximum Gasteiger partial charge on any atom is 0.256 e. The molecule has 3 aliphatic rings. The molecule has 1 atom stereocenters. The number of aromatic nitrogens is 1. The number of likely N-dealkylation sites (tertiary alicyclic amines) is 2. The van der Waals surface area contributed by atoms with Crippen LogP contribution >= 0.6 is 0 Å². The first kappa shape index (κ1) is 17.6. The van der Waals surface area contributed by atoms with Crippen molar-refractivity contribution in [3.63, 3.8) is 0 Å². The van der Waals surface area contributed by atoms with E-state index in [4.69, 9.17) is 0 Å². The Bertz CT molecular complexity index is 692. The third kappa shape index (κ3) is 2.75. The van der Waals surface area contributed by atoms with E-state index in [-0.39, 0.29) is 24.0 Å². The number of nitrogens with one attached hydrogen (secondary N) is 1. The highest BCUT2D eigenvalue weighted by atomic mass is 16.3. The number of carbonyl (C=O) groups is 2. The third-order valence-corrected chi connectivity index (χ3v) is 6.67. The first-order chi connectivity index (χ1) is 12.5. The number of hydrogen-bond donors (Lipinski definition) is 2. The average Bonchev–Trinajstić information content (AvgIpc) is 3.25. The molecule has 3 fully saturated rings. The SMILES string of the molecule is Cc1[nH]ccc1C(=O)N1CCCC12CCCN(C1CCC(O)CC1)C2=O. The highest BCUT2D eigenvalue weighted by molar-refractivity contribution is 6.00. The Morgan fingerprint density at radius 1 is 1.19 bits per heavy atom. The summed E-state index contributed by atoms with van der Waals surface area (Å²) in [5.74, 6) is 0.125. The van der Waals surface area contributed by atoms with E-state index in [1.54, 1.807) is 6.20 Å². The molecule has 6 nitrogen and oxygen atoms in total. The quantitative estimate of drug-likeness (QED) is 0.850. The molecule has 1 aromatic rings. The number of hydrogen-bond acceptors (Lipinski definition) is 3. The molecule has 2 aliphatic heterocycles. The van der Waals surface area contributed by atoms with Crippen LogP contribution in [0.25, 0.3) is 0 Å². The van der Waals surface area contributed by atoms with Gasteiger partial charge in [-0.2, -0.15) is 0 Å². The fourth-order valence-corrected chi connectivity index (χ4v) is 5.22. The van der Waals surface area contributed by atoms with Crippen molar-refractivity contribution in [3.8, 4) is 0 Å². The molecule has 1 saturated carbocycles. The molecule has 1 aliphatic carbocycles. The van der Waals surface area contributed by atoms with Crippen molar-refractivity contribution in [1.82, 2.24) is 14.8 Å². The maximum atomic E-state index is 13.6. The fraction of sp³-hybridized carbons (Fsp3) is 0.700. The van der Waals surface area contributed by atoms with Gasteiger partial charge in [0.05, 0.1) is 11.7 Å². The van der Waals surface area contributed by atoms with E-state index in [1.807, 2.05) is 22.8 Å². The second-order valence-electron chi connectivity index (χ2n) is 8.17. The van der Waals surface area contributed by atoms with Crippen LogP contribution in [-0.2, 0) is 4.79 Å². The second kappa shape index (κ2) is 6.72. The van der Waals surface area contributed by atoms with Gasteiger partial charge in [0.15, 0.2) is 0 Å². The van der Waals surface area contributed by atoms with Crippen LogP contribution in [0.1, 0.15) is 67.4 Å². The molecule has 142 valence electrons. The summed E-state index contributed by atoms with van der Waals surface area (Å²) in [6.45, 7) is 3.34. The molecular weight excluding hydrogens is 330 g/mol. The lowest BCUT2D eigenvalue weighted by molar-refractivity contribution is -0.149. The summed E-state index contributed by atoms with van der Waals surface area (Å²) in [5, 5.41) is 9.78. The summed E-state index contributed by atoms with van der Waals surface area (Å²) in [6.07, 6.45) is 8.22. The Morgan fingerprint density at radius 2 is 1.88 bits per heavy atom. The molecule has 26 heavy (non-hydrogen) atoms. The van der Waals surface area contributed by atoms with Gasteiger partial charge in [-0.3, -0.25) is 9.59 Å². The van der Waals surface area contributed by atoms with Gasteiger partial charge in [0.1, 0.15) is 5.54 Å². The Morgan fingerprint density at radius 3 is 2.54 bits per heavy atom. The Hall–Kier alpha value is -1.82. The number of nitrogens with zero attached hydrogens (tertiary/aromatic N) is 2. The topological polar surface area (TPSA) is 76.6 Å². The normalized spacial score (nSPS) is 32.5. The van der Waals surface area contributed by atoms with Crippen molar-refractivity contribution in [1.29, 1.82) is 0 Å².